The molecule has 2 heterocycles. The summed E-state index contributed by atoms with van der Waals surface area (Å²) in [5, 5.41) is 6.97. The molecular formula is C25H30N4O3S2. The number of rotatable bonds is 9. The van der Waals surface area contributed by atoms with Gasteiger partial charge < -0.3 is 10.6 Å². The van der Waals surface area contributed by atoms with E-state index in [2.05, 4.69) is 17.6 Å². The van der Waals surface area contributed by atoms with Crippen LogP contribution in [0.4, 0.5) is 11.4 Å². The van der Waals surface area contributed by atoms with Gasteiger partial charge in [0.2, 0.25) is 11.8 Å². The van der Waals surface area contributed by atoms with Crippen molar-refractivity contribution in [1.82, 2.24) is 9.55 Å². The Morgan fingerprint density at radius 2 is 1.91 bits per heavy atom. The number of amides is 2. The Balaban J connectivity index is 1.54. The van der Waals surface area contributed by atoms with Gasteiger partial charge in [0.1, 0.15) is 4.83 Å². The minimum absolute atomic E-state index is 0.0337. The predicted molar refractivity (Wildman–Crippen MR) is 140 cm³/mol. The molecular weight excluding hydrogens is 468 g/mol. The molecule has 0 aliphatic heterocycles. The molecule has 1 aliphatic carbocycles. The standard InChI is InChI=1S/C25H30N4O3S2/c1-3-4-7-13-29-24(32)22-19-11-5-6-12-20(19)34-23(22)28-25(29)33-15-21(31)27-18-10-8-9-17(14-18)26-16(2)30/h8-10,14H,3-7,11-13,15H2,1-2H3,(H,26,30)(H,27,31). The van der Waals surface area contributed by atoms with E-state index in [9.17, 15) is 14.4 Å². The topological polar surface area (TPSA) is 93.1 Å². The van der Waals surface area contributed by atoms with Crippen molar-refractivity contribution in [3.05, 3.63) is 45.1 Å². The lowest BCUT2D eigenvalue weighted by molar-refractivity contribution is -0.114. The molecule has 1 aliphatic rings. The van der Waals surface area contributed by atoms with Crippen LogP contribution in [0.25, 0.3) is 10.2 Å². The summed E-state index contributed by atoms with van der Waals surface area (Å²) in [6.45, 7) is 4.19. The molecule has 34 heavy (non-hydrogen) atoms. The maximum atomic E-state index is 13.5. The monoisotopic (exact) mass is 498 g/mol. The highest BCUT2D eigenvalue weighted by atomic mass is 32.2. The molecule has 0 saturated carbocycles. The number of carbonyl (C=O) groups excluding carboxylic acids is 2. The van der Waals surface area contributed by atoms with E-state index >= 15 is 0 Å². The number of aromatic nitrogens is 2. The average molecular weight is 499 g/mol. The Kier molecular flexibility index (Phi) is 8.05. The molecule has 0 atom stereocenters. The second kappa shape index (κ2) is 11.2. The number of hydrogen-bond donors (Lipinski definition) is 2. The largest absolute Gasteiger partial charge is 0.326 e. The van der Waals surface area contributed by atoms with Gasteiger partial charge in [-0.25, -0.2) is 4.98 Å². The molecule has 0 unspecified atom stereocenters. The van der Waals surface area contributed by atoms with Gasteiger partial charge in [-0.1, -0.05) is 37.6 Å². The van der Waals surface area contributed by atoms with Crippen LogP contribution in [-0.2, 0) is 29.0 Å². The van der Waals surface area contributed by atoms with E-state index in [0.29, 0.717) is 23.1 Å². The zero-order chi connectivity index (χ0) is 24.1. The fourth-order valence-corrected chi connectivity index (χ4v) is 6.38. The number of aryl methyl sites for hydroxylation is 2. The predicted octanol–water partition coefficient (Wildman–Crippen LogP) is 5.22. The molecule has 180 valence electrons. The Bertz CT molecular complexity index is 1270. The lowest BCUT2D eigenvalue weighted by Crippen LogP contribution is -2.25. The molecule has 0 fully saturated rings. The Labute approximate surface area is 207 Å². The zero-order valence-electron chi connectivity index (χ0n) is 19.6. The van der Waals surface area contributed by atoms with Gasteiger partial charge in [-0.05, 0) is 55.9 Å². The van der Waals surface area contributed by atoms with Crippen molar-refractivity contribution >= 4 is 56.5 Å². The molecule has 9 heteroatoms. The van der Waals surface area contributed by atoms with Gasteiger partial charge in [0, 0.05) is 29.7 Å². The van der Waals surface area contributed by atoms with Crippen molar-refractivity contribution < 1.29 is 9.59 Å². The number of benzene rings is 1. The third kappa shape index (κ3) is 5.70. The van der Waals surface area contributed by atoms with Gasteiger partial charge >= 0.3 is 0 Å². The van der Waals surface area contributed by atoms with Crippen molar-refractivity contribution in [2.45, 2.75) is 70.5 Å². The minimum Gasteiger partial charge on any atom is -0.326 e. The van der Waals surface area contributed by atoms with E-state index in [-0.39, 0.29) is 23.1 Å². The summed E-state index contributed by atoms with van der Waals surface area (Å²) >= 11 is 2.93. The average Bonchev–Trinajstić information content (AvgIpc) is 3.18. The van der Waals surface area contributed by atoms with Crippen LogP contribution in [-0.4, -0.2) is 27.1 Å². The van der Waals surface area contributed by atoms with E-state index in [1.807, 2.05) is 0 Å². The van der Waals surface area contributed by atoms with Crippen molar-refractivity contribution in [2.75, 3.05) is 16.4 Å². The van der Waals surface area contributed by atoms with Gasteiger partial charge in [-0.15, -0.1) is 11.3 Å². The van der Waals surface area contributed by atoms with Crippen LogP contribution in [0, 0.1) is 0 Å². The number of hydrogen-bond acceptors (Lipinski definition) is 6. The van der Waals surface area contributed by atoms with Crippen LogP contribution in [0.2, 0.25) is 0 Å². The first-order valence-corrected chi connectivity index (χ1v) is 13.6. The Morgan fingerprint density at radius 3 is 2.68 bits per heavy atom. The molecule has 1 aromatic carbocycles. The fourth-order valence-electron chi connectivity index (χ4n) is 4.25. The molecule has 3 aromatic rings. The quantitative estimate of drug-likeness (QED) is 0.240. The number of anilines is 2. The normalized spacial score (nSPS) is 13.0. The molecule has 7 nitrogen and oxygen atoms in total. The number of thiophene rings is 1. The van der Waals surface area contributed by atoms with Crippen LogP contribution in [0.3, 0.4) is 0 Å². The third-order valence-electron chi connectivity index (χ3n) is 5.82. The second-order valence-electron chi connectivity index (χ2n) is 8.55. The summed E-state index contributed by atoms with van der Waals surface area (Å²) in [4.78, 5) is 44.4. The smallest absolute Gasteiger partial charge is 0.263 e. The summed E-state index contributed by atoms with van der Waals surface area (Å²) < 4.78 is 1.77. The van der Waals surface area contributed by atoms with Crippen LogP contribution in [0.5, 0.6) is 0 Å². The SMILES string of the molecule is CCCCCn1c(SCC(=O)Nc2cccc(NC(C)=O)c2)nc2sc3c(c2c1=O)CCCC3. The fraction of sp³-hybridized carbons (Fsp3) is 0.440. The Hall–Kier alpha value is -2.65. The number of nitrogens with one attached hydrogen (secondary N) is 2. The summed E-state index contributed by atoms with van der Waals surface area (Å²) in [6, 6.07) is 7.02. The van der Waals surface area contributed by atoms with E-state index in [0.717, 1.165) is 55.2 Å². The lowest BCUT2D eigenvalue weighted by Gasteiger charge is -2.13. The molecule has 0 radical (unpaired) electrons. The Morgan fingerprint density at radius 1 is 1.15 bits per heavy atom. The summed E-state index contributed by atoms with van der Waals surface area (Å²) in [5.74, 6) is -0.219. The van der Waals surface area contributed by atoms with Gasteiger partial charge in [-0.2, -0.15) is 0 Å². The first kappa shape index (κ1) is 24.5. The first-order chi connectivity index (χ1) is 16.5. The van der Waals surface area contributed by atoms with Crippen LogP contribution >= 0.6 is 23.1 Å². The highest BCUT2D eigenvalue weighted by Gasteiger charge is 2.22. The maximum Gasteiger partial charge on any atom is 0.263 e. The molecule has 4 rings (SSSR count). The van der Waals surface area contributed by atoms with Crippen molar-refractivity contribution in [2.24, 2.45) is 0 Å². The van der Waals surface area contributed by atoms with Crippen molar-refractivity contribution in [1.29, 1.82) is 0 Å². The van der Waals surface area contributed by atoms with Gasteiger partial charge in [0.25, 0.3) is 5.56 Å². The van der Waals surface area contributed by atoms with Crippen LogP contribution in [0.1, 0.15) is 56.4 Å². The summed E-state index contributed by atoms with van der Waals surface area (Å²) in [6.07, 6.45) is 7.28. The van der Waals surface area contributed by atoms with E-state index < -0.39 is 0 Å². The molecule has 2 aromatic heterocycles. The molecule has 0 saturated heterocycles. The van der Waals surface area contributed by atoms with E-state index in [1.54, 1.807) is 40.2 Å². The van der Waals surface area contributed by atoms with Crippen LogP contribution in [0.15, 0.2) is 34.2 Å². The molecule has 0 spiro atoms. The van der Waals surface area contributed by atoms with Gasteiger partial charge in [0.05, 0.1) is 11.1 Å². The van der Waals surface area contributed by atoms with E-state index in [4.69, 9.17) is 4.98 Å². The highest BCUT2D eigenvalue weighted by Crippen LogP contribution is 2.34. The van der Waals surface area contributed by atoms with Crippen LogP contribution < -0.4 is 16.2 Å². The zero-order valence-corrected chi connectivity index (χ0v) is 21.2. The highest BCUT2D eigenvalue weighted by molar-refractivity contribution is 7.99. The van der Waals surface area contributed by atoms with Gasteiger partial charge in [0.15, 0.2) is 5.16 Å². The number of unbranched alkanes of at least 4 members (excludes halogenated alkanes) is 2. The molecule has 0 bridgehead atoms. The third-order valence-corrected chi connectivity index (χ3v) is 7.99. The number of fused-ring (bicyclic) bond motifs is 3. The van der Waals surface area contributed by atoms with E-state index in [1.165, 1.54) is 29.1 Å². The summed E-state index contributed by atoms with van der Waals surface area (Å²) in [7, 11) is 0. The molecule has 2 N–H and O–H groups in total. The number of nitrogens with zero attached hydrogens (tertiary/aromatic N) is 2. The maximum absolute atomic E-state index is 13.5. The molecule has 2 amide bonds. The van der Waals surface area contributed by atoms with Crippen molar-refractivity contribution in [3.63, 3.8) is 0 Å². The first-order valence-electron chi connectivity index (χ1n) is 11.8. The van der Waals surface area contributed by atoms with Gasteiger partial charge in [-0.3, -0.25) is 19.0 Å². The minimum atomic E-state index is -0.190. The summed E-state index contributed by atoms with van der Waals surface area (Å²) in [5.41, 5.74) is 2.45. The number of thioether (sulfide) groups is 1. The van der Waals surface area contributed by atoms with Crippen molar-refractivity contribution in [3.8, 4) is 0 Å². The number of carbonyl (C=O) groups is 2. The second-order valence-corrected chi connectivity index (χ2v) is 10.6. The lowest BCUT2D eigenvalue weighted by atomic mass is 9.97.